The van der Waals surface area contributed by atoms with Crippen molar-refractivity contribution in [1.29, 1.82) is 0 Å². The van der Waals surface area contributed by atoms with Crippen LogP contribution in [0.5, 0.6) is 0 Å². The number of carbonyl (C=O) groups excluding carboxylic acids is 2. The molecule has 288 valence electrons. The Labute approximate surface area is 295 Å². The van der Waals surface area contributed by atoms with Crippen LogP contribution in [-0.2, 0) is 61.7 Å². The largest absolute Gasteiger partial charge is 0.460 e. The summed E-state index contributed by atoms with van der Waals surface area (Å²) in [4.78, 5) is 22.4. The first-order valence-corrected chi connectivity index (χ1v) is 17.3. The van der Waals surface area contributed by atoms with Crippen molar-refractivity contribution in [3.8, 4) is 0 Å². The van der Waals surface area contributed by atoms with Gasteiger partial charge in [0.2, 0.25) is 0 Å². The number of esters is 2. The zero-order valence-electron chi connectivity index (χ0n) is 31.7. The molecule has 0 fully saturated rings. The van der Waals surface area contributed by atoms with Gasteiger partial charge < -0.3 is 52.1 Å². The van der Waals surface area contributed by atoms with Crippen LogP contribution in [0.1, 0.15) is 69.2 Å². The van der Waals surface area contributed by atoms with Crippen molar-refractivity contribution in [2.45, 2.75) is 130 Å². The molecule has 0 N–H and O–H groups in total. The lowest BCUT2D eigenvalue weighted by molar-refractivity contribution is -0.147. The molecule has 0 aliphatic heterocycles. The maximum Gasteiger partial charge on any atom is 0.330 e. The fraction of sp³-hybridized carbons (Fsp3) is 0.833. The summed E-state index contributed by atoms with van der Waals surface area (Å²) >= 11 is 0. The average molecular weight is 707 g/mol. The van der Waals surface area contributed by atoms with Gasteiger partial charge in [-0.2, -0.15) is 0 Å². The van der Waals surface area contributed by atoms with Crippen LogP contribution in [0.4, 0.5) is 0 Å². The van der Waals surface area contributed by atoms with Gasteiger partial charge in [0, 0.05) is 12.2 Å². The van der Waals surface area contributed by atoms with Gasteiger partial charge in [-0.1, -0.05) is 13.2 Å². The minimum atomic E-state index is -0.471. The van der Waals surface area contributed by atoms with Gasteiger partial charge in [-0.15, -0.1) is 0 Å². The quantitative estimate of drug-likeness (QED) is 0.0719. The number of rotatable bonds is 32. The van der Waals surface area contributed by atoms with E-state index in [4.69, 9.17) is 52.1 Å². The molecule has 13 nitrogen and oxygen atoms in total. The lowest BCUT2D eigenvalue weighted by atomic mass is 10.3. The molecule has 0 rings (SSSR count). The molecule has 0 aliphatic carbocycles. The van der Waals surface area contributed by atoms with Crippen LogP contribution in [0, 0.1) is 0 Å². The molecule has 0 aromatic heterocycles. The SMILES string of the molecule is C=CC(=O)OCC(C)OCC(C)OCC(C)OCC(C)OCC(C)OCC(C)OCC(C)OCC(C)OCC(C)OCC(C)OC(=O)C=C. The Balaban J connectivity index is 3.95. The second-order valence-electron chi connectivity index (χ2n) is 12.6. The van der Waals surface area contributed by atoms with E-state index < -0.39 is 11.9 Å². The lowest BCUT2D eigenvalue weighted by Gasteiger charge is -2.23. The van der Waals surface area contributed by atoms with Crippen molar-refractivity contribution in [3.63, 3.8) is 0 Å². The summed E-state index contributed by atoms with van der Waals surface area (Å²) in [5.74, 6) is -0.942. The molecule has 0 spiro atoms. The third kappa shape index (κ3) is 28.5. The number of hydrogen-bond acceptors (Lipinski definition) is 13. The summed E-state index contributed by atoms with van der Waals surface area (Å²) in [5, 5.41) is 0. The minimum Gasteiger partial charge on any atom is -0.460 e. The smallest absolute Gasteiger partial charge is 0.330 e. The monoisotopic (exact) mass is 706 g/mol. The Bertz CT molecular complexity index is 872. The third-order valence-corrected chi connectivity index (χ3v) is 6.65. The Morgan fingerprint density at radius 2 is 0.571 bits per heavy atom. The molecule has 10 atom stereocenters. The second-order valence-corrected chi connectivity index (χ2v) is 12.6. The zero-order valence-corrected chi connectivity index (χ0v) is 31.7. The van der Waals surface area contributed by atoms with Gasteiger partial charge >= 0.3 is 11.9 Å². The summed E-state index contributed by atoms with van der Waals surface area (Å²) in [6.45, 7) is 29.6. The molecule has 0 saturated heterocycles. The highest BCUT2D eigenvalue weighted by molar-refractivity contribution is 5.81. The van der Waals surface area contributed by atoms with Gasteiger partial charge in [0.05, 0.1) is 114 Å². The standard InChI is InChI=1S/C36H66O13/c1-13-35(37)48-23-33(11)46-21-31(9)44-19-29(7)42-17-27(5)40-15-25(3)39-16-26(4)41-18-28(6)43-20-30(8)45-22-32(10)47-24-34(12)49-36(38)14-2/h13-14,25-34H,1-2,15-24H2,3-12H3. The zero-order chi connectivity index (χ0) is 37.2. The molecule has 0 aliphatic rings. The first-order chi connectivity index (χ1) is 23.1. The highest BCUT2D eigenvalue weighted by Crippen LogP contribution is 2.06. The summed E-state index contributed by atoms with van der Waals surface area (Å²) in [6, 6.07) is 0. The molecule has 0 aromatic rings. The molecule has 0 radical (unpaired) electrons. The van der Waals surface area contributed by atoms with E-state index in [1.807, 2.05) is 62.3 Å². The number of ether oxygens (including phenoxy) is 11. The minimum absolute atomic E-state index is 0.110. The van der Waals surface area contributed by atoms with E-state index in [1.54, 1.807) is 6.92 Å². The van der Waals surface area contributed by atoms with E-state index in [0.29, 0.717) is 52.9 Å². The molecule has 0 bridgehead atoms. The van der Waals surface area contributed by atoms with Gasteiger partial charge in [-0.25, -0.2) is 9.59 Å². The molecule has 49 heavy (non-hydrogen) atoms. The lowest BCUT2D eigenvalue weighted by Crippen LogP contribution is -2.31. The molecule has 13 heteroatoms. The predicted molar refractivity (Wildman–Crippen MR) is 186 cm³/mol. The van der Waals surface area contributed by atoms with Crippen molar-refractivity contribution in [1.82, 2.24) is 0 Å². The Hall–Kier alpha value is -1.94. The maximum atomic E-state index is 11.2. The van der Waals surface area contributed by atoms with Gasteiger partial charge in [0.1, 0.15) is 12.7 Å². The van der Waals surface area contributed by atoms with E-state index in [9.17, 15) is 9.59 Å². The topological polar surface area (TPSA) is 136 Å². The summed E-state index contributed by atoms with van der Waals surface area (Å²) in [5.41, 5.74) is 0. The molecule has 0 heterocycles. The van der Waals surface area contributed by atoms with Gasteiger partial charge in [0.15, 0.2) is 0 Å². The van der Waals surface area contributed by atoms with Crippen molar-refractivity contribution in [3.05, 3.63) is 25.3 Å². The summed E-state index contributed by atoms with van der Waals surface area (Å²) in [6.07, 6.45) is 0.666. The Morgan fingerprint density at radius 3 is 0.796 bits per heavy atom. The van der Waals surface area contributed by atoms with Crippen LogP contribution >= 0.6 is 0 Å². The fourth-order valence-corrected chi connectivity index (χ4v) is 3.67. The van der Waals surface area contributed by atoms with Gasteiger partial charge in [0.25, 0.3) is 0 Å². The van der Waals surface area contributed by atoms with Crippen molar-refractivity contribution in [2.75, 3.05) is 66.1 Å². The Morgan fingerprint density at radius 1 is 0.367 bits per heavy atom. The van der Waals surface area contributed by atoms with Crippen molar-refractivity contribution in [2.24, 2.45) is 0 Å². The Kier molecular flexibility index (Phi) is 27.6. The van der Waals surface area contributed by atoms with Gasteiger partial charge in [-0.3, -0.25) is 0 Å². The number of hydrogen-bond donors (Lipinski definition) is 0. The van der Waals surface area contributed by atoms with Crippen LogP contribution in [0.15, 0.2) is 25.3 Å². The fourth-order valence-electron chi connectivity index (χ4n) is 3.67. The molecular formula is C36H66O13. The van der Waals surface area contributed by atoms with Gasteiger partial charge in [-0.05, 0) is 69.2 Å². The number of carbonyl (C=O) groups is 2. The van der Waals surface area contributed by atoms with Crippen LogP contribution in [0.2, 0.25) is 0 Å². The van der Waals surface area contributed by atoms with Crippen LogP contribution in [0.3, 0.4) is 0 Å². The first-order valence-electron chi connectivity index (χ1n) is 17.3. The molecule has 0 saturated carbocycles. The van der Waals surface area contributed by atoms with E-state index in [-0.39, 0.29) is 74.3 Å². The van der Waals surface area contributed by atoms with E-state index in [2.05, 4.69) is 13.2 Å². The third-order valence-electron chi connectivity index (χ3n) is 6.65. The van der Waals surface area contributed by atoms with Crippen molar-refractivity contribution < 1.29 is 61.7 Å². The van der Waals surface area contributed by atoms with E-state index >= 15 is 0 Å². The molecule has 0 amide bonds. The summed E-state index contributed by atoms with van der Waals surface area (Å²) in [7, 11) is 0. The normalized spacial score (nSPS) is 17.8. The predicted octanol–water partition coefficient (Wildman–Crippen LogP) is 4.48. The van der Waals surface area contributed by atoms with Crippen LogP contribution in [0.25, 0.3) is 0 Å². The van der Waals surface area contributed by atoms with Crippen molar-refractivity contribution >= 4 is 11.9 Å². The van der Waals surface area contributed by atoms with Crippen LogP contribution < -0.4 is 0 Å². The molecule has 10 unspecified atom stereocenters. The average Bonchev–Trinajstić information content (AvgIpc) is 3.08. The van der Waals surface area contributed by atoms with Crippen LogP contribution in [-0.4, -0.2) is 139 Å². The highest BCUT2D eigenvalue weighted by atomic mass is 16.6. The van der Waals surface area contributed by atoms with E-state index in [0.717, 1.165) is 12.2 Å². The highest BCUT2D eigenvalue weighted by Gasteiger charge is 2.16. The van der Waals surface area contributed by atoms with E-state index in [1.165, 1.54) is 0 Å². The first kappa shape index (κ1) is 47.1. The summed E-state index contributed by atoms with van der Waals surface area (Å²) < 4.78 is 62.5. The molecular weight excluding hydrogens is 640 g/mol. The second kappa shape index (κ2) is 28.7. The molecule has 0 aromatic carbocycles. The maximum absolute atomic E-state index is 11.2.